The number of guanidine groups is 1. The summed E-state index contributed by atoms with van der Waals surface area (Å²) in [6, 6.07) is 12.9. The summed E-state index contributed by atoms with van der Waals surface area (Å²) >= 11 is 0. The lowest BCUT2D eigenvalue weighted by Gasteiger charge is -2.33. The maximum atomic E-state index is 13.0. The van der Waals surface area contributed by atoms with Crippen LogP contribution in [0.4, 0.5) is 13.2 Å². The summed E-state index contributed by atoms with van der Waals surface area (Å²) in [5, 5.41) is 6.47. The van der Waals surface area contributed by atoms with E-state index in [1.54, 1.807) is 7.05 Å². The number of pyridine rings is 1. The van der Waals surface area contributed by atoms with Crippen LogP contribution < -0.4 is 15.4 Å². The molecule has 0 spiro atoms. The van der Waals surface area contributed by atoms with Gasteiger partial charge >= 0.3 is 6.18 Å². The van der Waals surface area contributed by atoms with Gasteiger partial charge < -0.3 is 15.4 Å². The molecule has 6 nitrogen and oxygen atoms in total. The molecular formula is C22H28F3N5O. The molecule has 31 heavy (non-hydrogen) atoms. The summed E-state index contributed by atoms with van der Waals surface area (Å²) in [7, 11) is 1.67. The summed E-state index contributed by atoms with van der Waals surface area (Å²) in [5.41, 5.74) is 0.438. The highest BCUT2D eigenvalue weighted by molar-refractivity contribution is 5.79. The van der Waals surface area contributed by atoms with E-state index in [9.17, 15) is 13.2 Å². The Labute approximate surface area is 180 Å². The number of benzene rings is 1. The molecule has 2 aromatic rings. The maximum Gasteiger partial charge on any atom is 0.421 e. The van der Waals surface area contributed by atoms with Crippen LogP contribution in [0.2, 0.25) is 0 Å². The third kappa shape index (κ3) is 7.13. The first-order valence-electron chi connectivity index (χ1n) is 10.3. The Bertz CT molecular complexity index is 837. The van der Waals surface area contributed by atoms with Gasteiger partial charge in [-0.3, -0.25) is 9.89 Å². The van der Waals surface area contributed by atoms with Crippen molar-refractivity contribution in [2.24, 2.45) is 4.99 Å². The molecule has 0 aliphatic carbocycles. The highest BCUT2D eigenvalue weighted by Crippen LogP contribution is 2.34. The van der Waals surface area contributed by atoms with E-state index in [-0.39, 0.29) is 6.61 Å². The van der Waals surface area contributed by atoms with Gasteiger partial charge in [-0.25, -0.2) is 4.98 Å². The number of alkyl halides is 3. The molecule has 0 saturated carbocycles. The molecule has 168 valence electrons. The van der Waals surface area contributed by atoms with E-state index >= 15 is 0 Å². The number of nitrogens with one attached hydrogen (secondary N) is 2. The molecule has 0 unspecified atom stereocenters. The van der Waals surface area contributed by atoms with Gasteiger partial charge in [0.15, 0.2) is 5.96 Å². The Balaban J connectivity index is 1.38. The van der Waals surface area contributed by atoms with E-state index in [1.807, 2.05) is 6.07 Å². The highest BCUT2D eigenvalue weighted by atomic mass is 19.4. The molecule has 2 heterocycles. The smallest absolute Gasteiger partial charge is 0.421 e. The maximum absolute atomic E-state index is 13.0. The predicted molar refractivity (Wildman–Crippen MR) is 114 cm³/mol. The van der Waals surface area contributed by atoms with Crippen LogP contribution in [0.5, 0.6) is 5.88 Å². The van der Waals surface area contributed by atoms with Gasteiger partial charge in [-0.1, -0.05) is 30.3 Å². The second-order valence-electron chi connectivity index (χ2n) is 7.38. The van der Waals surface area contributed by atoms with Crippen LogP contribution in [0.25, 0.3) is 0 Å². The number of likely N-dealkylation sites (tertiary alicyclic amines) is 1. The minimum atomic E-state index is -4.50. The summed E-state index contributed by atoms with van der Waals surface area (Å²) in [5.74, 6) is 0.202. The minimum Gasteiger partial charge on any atom is -0.475 e. The quantitative estimate of drug-likeness (QED) is 0.397. The van der Waals surface area contributed by atoms with Gasteiger partial charge in [-0.2, -0.15) is 13.2 Å². The van der Waals surface area contributed by atoms with E-state index in [4.69, 9.17) is 4.74 Å². The van der Waals surface area contributed by atoms with Crippen molar-refractivity contribution in [1.29, 1.82) is 0 Å². The summed E-state index contributed by atoms with van der Waals surface area (Å²) < 4.78 is 44.2. The SMILES string of the molecule is CN=C(NCCOc1ncccc1C(F)(F)F)NC1CCN(Cc2ccccc2)CC1. The van der Waals surface area contributed by atoms with Crippen molar-refractivity contribution < 1.29 is 17.9 Å². The molecule has 9 heteroatoms. The van der Waals surface area contributed by atoms with Gasteiger partial charge in [0, 0.05) is 38.9 Å². The van der Waals surface area contributed by atoms with Crippen LogP contribution in [0.3, 0.4) is 0 Å². The number of ether oxygens (including phenoxy) is 1. The molecule has 3 rings (SSSR count). The lowest BCUT2D eigenvalue weighted by atomic mass is 10.0. The van der Waals surface area contributed by atoms with Crippen molar-refractivity contribution in [2.75, 3.05) is 33.3 Å². The van der Waals surface area contributed by atoms with E-state index in [2.05, 4.69) is 49.8 Å². The second-order valence-corrected chi connectivity index (χ2v) is 7.38. The lowest BCUT2D eigenvalue weighted by molar-refractivity contribution is -0.139. The Morgan fingerprint density at radius 1 is 1.16 bits per heavy atom. The van der Waals surface area contributed by atoms with E-state index in [0.717, 1.165) is 38.5 Å². The van der Waals surface area contributed by atoms with Crippen LogP contribution in [0, 0.1) is 0 Å². The number of aromatic nitrogens is 1. The van der Waals surface area contributed by atoms with Gasteiger partial charge in [-0.05, 0) is 30.5 Å². The molecule has 1 aliphatic rings. The van der Waals surface area contributed by atoms with Crippen LogP contribution >= 0.6 is 0 Å². The van der Waals surface area contributed by atoms with Crippen molar-refractivity contribution in [2.45, 2.75) is 31.6 Å². The monoisotopic (exact) mass is 435 g/mol. The Morgan fingerprint density at radius 3 is 2.58 bits per heavy atom. The van der Waals surface area contributed by atoms with Crippen molar-refractivity contribution in [3.05, 3.63) is 59.8 Å². The van der Waals surface area contributed by atoms with E-state index in [1.165, 1.54) is 17.8 Å². The molecule has 1 aromatic carbocycles. The fraction of sp³-hybridized carbons (Fsp3) is 0.455. The van der Waals surface area contributed by atoms with Crippen molar-refractivity contribution in [3.63, 3.8) is 0 Å². The summed E-state index contributed by atoms with van der Waals surface area (Å²) in [6.45, 7) is 3.28. The molecule has 0 amide bonds. The topological polar surface area (TPSA) is 61.8 Å². The molecule has 1 fully saturated rings. The summed E-state index contributed by atoms with van der Waals surface area (Å²) in [6.07, 6.45) is -1.23. The minimum absolute atomic E-state index is 0.0380. The number of rotatable bonds is 7. The Hall–Kier alpha value is -2.81. The number of halogens is 3. The molecule has 0 radical (unpaired) electrons. The molecule has 1 saturated heterocycles. The van der Waals surface area contributed by atoms with Gasteiger partial charge in [-0.15, -0.1) is 0 Å². The van der Waals surface area contributed by atoms with Crippen LogP contribution in [-0.4, -0.2) is 55.2 Å². The fourth-order valence-corrected chi connectivity index (χ4v) is 3.50. The highest BCUT2D eigenvalue weighted by Gasteiger charge is 2.35. The average molecular weight is 435 g/mol. The van der Waals surface area contributed by atoms with Crippen molar-refractivity contribution >= 4 is 5.96 Å². The number of piperidine rings is 1. The Kier molecular flexibility index (Phi) is 8.11. The van der Waals surface area contributed by atoms with Crippen molar-refractivity contribution in [1.82, 2.24) is 20.5 Å². The Morgan fingerprint density at radius 2 is 1.90 bits per heavy atom. The third-order valence-corrected chi connectivity index (χ3v) is 5.11. The standard InChI is InChI=1S/C22H28F3N5O/c1-26-21(28-12-15-31-20-19(22(23,24)25)8-5-11-27-20)29-18-9-13-30(14-10-18)16-17-6-3-2-4-7-17/h2-8,11,18H,9-10,12-16H2,1H3,(H2,26,28,29). The van der Waals surface area contributed by atoms with Crippen LogP contribution in [0.1, 0.15) is 24.0 Å². The number of hydrogen-bond acceptors (Lipinski definition) is 4. The normalized spacial score (nSPS) is 16.2. The molecule has 0 bridgehead atoms. The average Bonchev–Trinajstić information content (AvgIpc) is 2.77. The van der Waals surface area contributed by atoms with Gasteiger partial charge in [0.25, 0.3) is 0 Å². The first-order chi connectivity index (χ1) is 15.0. The van der Waals surface area contributed by atoms with Crippen LogP contribution in [-0.2, 0) is 12.7 Å². The first kappa shape index (κ1) is 22.9. The van der Waals surface area contributed by atoms with Crippen LogP contribution in [0.15, 0.2) is 53.7 Å². The number of aliphatic imine (C=N–C) groups is 1. The number of nitrogens with zero attached hydrogens (tertiary/aromatic N) is 3. The zero-order valence-corrected chi connectivity index (χ0v) is 17.5. The molecular weight excluding hydrogens is 407 g/mol. The van der Waals surface area contributed by atoms with Gasteiger partial charge in [0.1, 0.15) is 12.2 Å². The van der Waals surface area contributed by atoms with E-state index < -0.39 is 17.6 Å². The van der Waals surface area contributed by atoms with Crippen molar-refractivity contribution in [3.8, 4) is 5.88 Å². The zero-order valence-electron chi connectivity index (χ0n) is 17.5. The first-order valence-corrected chi connectivity index (χ1v) is 10.3. The second kappa shape index (κ2) is 11.0. The lowest BCUT2D eigenvalue weighted by Crippen LogP contribution is -2.49. The van der Waals surface area contributed by atoms with E-state index in [0.29, 0.717) is 18.5 Å². The molecule has 0 atom stereocenters. The van der Waals surface area contributed by atoms with Gasteiger partial charge in [0.2, 0.25) is 5.88 Å². The third-order valence-electron chi connectivity index (χ3n) is 5.11. The zero-order chi connectivity index (χ0) is 22.1. The van der Waals surface area contributed by atoms with Gasteiger partial charge in [0.05, 0.1) is 6.54 Å². The molecule has 2 N–H and O–H groups in total. The largest absolute Gasteiger partial charge is 0.475 e. The fourth-order valence-electron chi connectivity index (χ4n) is 3.50. The predicted octanol–water partition coefficient (Wildman–Crippen LogP) is 3.31. The number of hydrogen-bond donors (Lipinski definition) is 2. The molecule has 1 aliphatic heterocycles. The molecule has 1 aromatic heterocycles. The summed E-state index contributed by atoms with van der Waals surface area (Å²) in [4.78, 5) is 10.3.